The van der Waals surface area contributed by atoms with Crippen LogP contribution in [0.1, 0.15) is 43.4 Å². The molecule has 110 valence electrons. The smallest absolute Gasteiger partial charge is 0.144 e. The summed E-state index contributed by atoms with van der Waals surface area (Å²) in [4.78, 5) is 12.9. The van der Waals surface area contributed by atoms with Crippen LogP contribution in [0.2, 0.25) is 0 Å². The van der Waals surface area contributed by atoms with Crippen LogP contribution in [0.15, 0.2) is 30.4 Å². The highest BCUT2D eigenvalue weighted by Gasteiger charge is 2.54. The molecular formula is C20H24O. The van der Waals surface area contributed by atoms with Gasteiger partial charge in [0.1, 0.15) is 5.78 Å². The Kier molecular flexibility index (Phi) is 2.89. The number of carbonyl (C=O) groups excluding carboxylic acids is 1. The van der Waals surface area contributed by atoms with Gasteiger partial charge in [-0.15, -0.1) is 0 Å². The summed E-state index contributed by atoms with van der Waals surface area (Å²) in [5.41, 5.74) is 4.24. The maximum absolute atomic E-state index is 12.9. The molecule has 3 aliphatic rings. The highest BCUT2D eigenvalue weighted by molar-refractivity contribution is 5.90. The highest BCUT2D eigenvalue weighted by Crippen LogP contribution is 2.56. The third-order valence-electron chi connectivity index (χ3n) is 5.91. The Labute approximate surface area is 127 Å². The summed E-state index contributed by atoms with van der Waals surface area (Å²) in [7, 11) is 0. The van der Waals surface area contributed by atoms with E-state index in [2.05, 4.69) is 44.2 Å². The second kappa shape index (κ2) is 4.56. The van der Waals surface area contributed by atoms with Gasteiger partial charge in [0.2, 0.25) is 0 Å². The van der Waals surface area contributed by atoms with E-state index in [1.165, 1.54) is 23.1 Å². The van der Waals surface area contributed by atoms with Gasteiger partial charge in [-0.2, -0.15) is 0 Å². The first-order valence-corrected chi connectivity index (χ1v) is 8.40. The van der Waals surface area contributed by atoms with Crippen LogP contribution in [0.25, 0.3) is 0 Å². The number of fused-ring (bicyclic) bond motifs is 4. The number of ketones is 1. The molecule has 0 N–H and O–H groups in total. The first kappa shape index (κ1) is 13.3. The third kappa shape index (κ3) is 1.93. The number of hydrogen-bond donors (Lipinski definition) is 0. The van der Waals surface area contributed by atoms with Gasteiger partial charge in [0, 0.05) is 11.8 Å². The van der Waals surface area contributed by atoms with Crippen molar-refractivity contribution in [2.24, 2.45) is 23.2 Å². The summed E-state index contributed by atoms with van der Waals surface area (Å²) < 4.78 is 0. The molecule has 1 aromatic carbocycles. The average Bonchev–Trinajstić information content (AvgIpc) is 3.02. The number of hydrogen-bond acceptors (Lipinski definition) is 1. The van der Waals surface area contributed by atoms with Crippen LogP contribution in [-0.4, -0.2) is 5.78 Å². The summed E-state index contributed by atoms with van der Waals surface area (Å²) in [6.45, 7) is 4.56. The number of carbonyl (C=O) groups is 1. The zero-order valence-corrected chi connectivity index (χ0v) is 13.1. The lowest BCUT2D eigenvalue weighted by molar-refractivity contribution is -0.130. The van der Waals surface area contributed by atoms with Crippen LogP contribution in [0.4, 0.5) is 0 Å². The van der Waals surface area contributed by atoms with Crippen molar-refractivity contribution in [2.45, 2.75) is 46.0 Å². The van der Waals surface area contributed by atoms with Gasteiger partial charge >= 0.3 is 0 Å². The fraction of sp³-hybridized carbons (Fsp3) is 0.550. The lowest BCUT2D eigenvalue weighted by atomic mass is 9.63. The molecule has 1 heteroatoms. The quantitative estimate of drug-likeness (QED) is 0.744. The number of benzene rings is 1. The van der Waals surface area contributed by atoms with Gasteiger partial charge in [-0.1, -0.05) is 44.2 Å². The molecule has 0 amide bonds. The molecule has 0 aromatic heterocycles. The molecule has 0 saturated heterocycles. The summed E-state index contributed by atoms with van der Waals surface area (Å²) in [6, 6.07) is 6.60. The minimum atomic E-state index is -0.0561. The predicted molar refractivity (Wildman–Crippen MR) is 85.2 cm³/mol. The van der Waals surface area contributed by atoms with Crippen LogP contribution < -0.4 is 0 Å². The summed E-state index contributed by atoms with van der Waals surface area (Å²) in [5.74, 6) is 2.35. The van der Waals surface area contributed by atoms with Gasteiger partial charge in [0.25, 0.3) is 0 Å². The van der Waals surface area contributed by atoms with E-state index < -0.39 is 0 Å². The molecule has 2 bridgehead atoms. The van der Waals surface area contributed by atoms with E-state index in [-0.39, 0.29) is 5.41 Å². The van der Waals surface area contributed by atoms with Crippen molar-refractivity contribution in [3.8, 4) is 0 Å². The van der Waals surface area contributed by atoms with Gasteiger partial charge in [-0.3, -0.25) is 4.79 Å². The minimum Gasteiger partial charge on any atom is -0.299 e. The van der Waals surface area contributed by atoms with Crippen molar-refractivity contribution in [2.75, 3.05) is 0 Å². The molecule has 3 unspecified atom stereocenters. The van der Waals surface area contributed by atoms with Crippen molar-refractivity contribution in [3.05, 3.63) is 47.0 Å². The molecule has 1 fully saturated rings. The molecule has 4 rings (SSSR count). The number of allylic oxidation sites excluding steroid dienone is 2. The monoisotopic (exact) mass is 280 g/mol. The van der Waals surface area contributed by atoms with E-state index in [4.69, 9.17) is 0 Å². The van der Waals surface area contributed by atoms with Crippen molar-refractivity contribution >= 4 is 5.78 Å². The Balaban J connectivity index is 1.76. The first-order chi connectivity index (χ1) is 10.1. The van der Waals surface area contributed by atoms with Gasteiger partial charge < -0.3 is 0 Å². The van der Waals surface area contributed by atoms with Crippen molar-refractivity contribution < 1.29 is 4.79 Å². The highest BCUT2D eigenvalue weighted by atomic mass is 16.1. The topological polar surface area (TPSA) is 17.1 Å². The maximum Gasteiger partial charge on any atom is 0.144 e. The Bertz CT molecular complexity index is 625. The lowest BCUT2D eigenvalue weighted by Gasteiger charge is -2.39. The lowest BCUT2D eigenvalue weighted by Crippen LogP contribution is -2.42. The van der Waals surface area contributed by atoms with Gasteiger partial charge in [-0.05, 0) is 60.1 Å². The Morgan fingerprint density at radius 2 is 2.14 bits per heavy atom. The molecule has 1 spiro atoms. The van der Waals surface area contributed by atoms with E-state index in [0.717, 1.165) is 19.3 Å². The molecule has 1 nitrogen and oxygen atoms in total. The van der Waals surface area contributed by atoms with Crippen LogP contribution in [0.3, 0.4) is 0 Å². The van der Waals surface area contributed by atoms with Gasteiger partial charge in [0.05, 0.1) is 0 Å². The van der Waals surface area contributed by atoms with Crippen molar-refractivity contribution in [1.29, 1.82) is 0 Å². The zero-order chi connectivity index (χ0) is 14.6. The normalized spacial score (nSPS) is 33.2. The summed E-state index contributed by atoms with van der Waals surface area (Å²) in [6.07, 6.45) is 9.79. The van der Waals surface area contributed by atoms with Gasteiger partial charge in [0.15, 0.2) is 0 Å². The molecule has 3 atom stereocenters. The second-order valence-corrected chi connectivity index (χ2v) is 7.78. The molecule has 0 radical (unpaired) electrons. The Hall–Kier alpha value is -1.37. The standard InChI is InChI=1S/C20H24O/c1-13(2)8-15-4-3-5-16-10-19(21)20(12-18(15)16)11-14-6-7-17(20)9-14/h3-7,13-14,17H,8-12H2,1-2H3. The predicted octanol–water partition coefficient (Wildman–Crippen LogP) is 4.14. The molecule has 0 aliphatic heterocycles. The second-order valence-electron chi connectivity index (χ2n) is 7.78. The Morgan fingerprint density at radius 3 is 2.81 bits per heavy atom. The summed E-state index contributed by atoms with van der Waals surface area (Å²) in [5, 5.41) is 0. The fourth-order valence-electron chi connectivity index (χ4n) is 4.95. The van der Waals surface area contributed by atoms with E-state index >= 15 is 0 Å². The third-order valence-corrected chi connectivity index (χ3v) is 5.91. The van der Waals surface area contributed by atoms with Crippen LogP contribution in [-0.2, 0) is 24.1 Å². The van der Waals surface area contributed by atoms with E-state index in [1.54, 1.807) is 0 Å². The average molecular weight is 280 g/mol. The SMILES string of the molecule is CC(C)Cc1cccc2c1CC1(CC3C=CC1C3)C(=O)C2. The molecule has 0 heterocycles. The van der Waals surface area contributed by atoms with E-state index in [0.29, 0.717) is 30.0 Å². The first-order valence-electron chi connectivity index (χ1n) is 8.40. The fourth-order valence-corrected chi connectivity index (χ4v) is 4.95. The summed E-state index contributed by atoms with van der Waals surface area (Å²) >= 11 is 0. The maximum atomic E-state index is 12.9. The van der Waals surface area contributed by atoms with Crippen LogP contribution in [0.5, 0.6) is 0 Å². The van der Waals surface area contributed by atoms with Crippen molar-refractivity contribution in [1.82, 2.24) is 0 Å². The molecular weight excluding hydrogens is 256 g/mol. The molecule has 1 aromatic rings. The zero-order valence-electron chi connectivity index (χ0n) is 13.1. The van der Waals surface area contributed by atoms with E-state index in [9.17, 15) is 4.79 Å². The van der Waals surface area contributed by atoms with Gasteiger partial charge in [-0.25, -0.2) is 0 Å². The number of rotatable bonds is 2. The number of Topliss-reactive ketones (excluding diaryl/α,β-unsaturated/α-hetero) is 1. The van der Waals surface area contributed by atoms with Crippen molar-refractivity contribution in [3.63, 3.8) is 0 Å². The van der Waals surface area contributed by atoms with Crippen LogP contribution >= 0.6 is 0 Å². The minimum absolute atomic E-state index is 0.0561. The molecule has 3 aliphatic carbocycles. The Morgan fingerprint density at radius 1 is 1.29 bits per heavy atom. The largest absolute Gasteiger partial charge is 0.299 e. The van der Waals surface area contributed by atoms with E-state index in [1.807, 2.05) is 0 Å². The molecule has 1 saturated carbocycles. The molecule has 21 heavy (non-hydrogen) atoms. The van der Waals surface area contributed by atoms with Crippen LogP contribution in [0, 0.1) is 23.2 Å².